The third-order valence-electron chi connectivity index (χ3n) is 3.83. The van der Waals surface area contributed by atoms with Gasteiger partial charge in [-0.3, -0.25) is 19.8 Å². The van der Waals surface area contributed by atoms with E-state index in [2.05, 4.69) is 12.2 Å². The van der Waals surface area contributed by atoms with Crippen LogP contribution in [-0.4, -0.2) is 29.3 Å². The molecule has 5 nitrogen and oxygen atoms in total. The molecule has 1 heterocycles. The summed E-state index contributed by atoms with van der Waals surface area (Å²) in [5, 5.41) is 2.29. The van der Waals surface area contributed by atoms with Gasteiger partial charge in [0.05, 0.1) is 0 Å². The van der Waals surface area contributed by atoms with Gasteiger partial charge < -0.3 is 0 Å². The van der Waals surface area contributed by atoms with E-state index in [1.54, 1.807) is 0 Å². The maximum Gasteiger partial charge on any atom is 0.330 e. The second-order valence-corrected chi connectivity index (χ2v) is 5.40. The monoisotopic (exact) mass is 252 g/mol. The van der Waals surface area contributed by atoms with Crippen molar-refractivity contribution in [1.82, 2.24) is 10.2 Å². The van der Waals surface area contributed by atoms with Crippen molar-refractivity contribution in [2.24, 2.45) is 17.8 Å². The predicted octanol–water partition coefficient (Wildman–Crippen LogP) is 1.53. The van der Waals surface area contributed by atoms with Crippen LogP contribution >= 0.6 is 0 Å². The van der Waals surface area contributed by atoms with E-state index in [-0.39, 0.29) is 5.91 Å². The minimum absolute atomic E-state index is 0.321. The maximum atomic E-state index is 12.2. The minimum Gasteiger partial charge on any atom is -0.277 e. The van der Waals surface area contributed by atoms with E-state index in [1.165, 1.54) is 17.7 Å². The molecule has 0 aromatic rings. The van der Waals surface area contributed by atoms with Gasteiger partial charge >= 0.3 is 6.03 Å². The van der Waals surface area contributed by atoms with Crippen molar-refractivity contribution in [2.75, 3.05) is 6.54 Å². The van der Waals surface area contributed by atoms with Crippen molar-refractivity contribution < 1.29 is 14.4 Å². The van der Waals surface area contributed by atoms with Crippen molar-refractivity contribution in [2.45, 2.75) is 39.5 Å². The second-order valence-electron chi connectivity index (χ2n) is 5.40. The molecule has 100 valence electrons. The van der Waals surface area contributed by atoms with Gasteiger partial charge in [-0.1, -0.05) is 20.3 Å². The van der Waals surface area contributed by atoms with Gasteiger partial charge in [0.2, 0.25) is 11.8 Å². The van der Waals surface area contributed by atoms with E-state index in [4.69, 9.17) is 0 Å². The van der Waals surface area contributed by atoms with Crippen LogP contribution in [0.15, 0.2) is 0 Å². The van der Waals surface area contributed by atoms with Crippen molar-refractivity contribution in [3.05, 3.63) is 0 Å². The van der Waals surface area contributed by atoms with Crippen LogP contribution in [0.2, 0.25) is 0 Å². The molecule has 0 spiro atoms. The molecule has 2 rings (SSSR count). The highest BCUT2D eigenvalue weighted by atomic mass is 16.2. The zero-order valence-corrected chi connectivity index (χ0v) is 10.9. The molecule has 2 atom stereocenters. The van der Waals surface area contributed by atoms with E-state index in [0.717, 1.165) is 6.42 Å². The Morgan fingerprint density at radius 3 is 2.56 bits per heavy atom. The number of amides is 4. The highest BCUT2D eigenvalue weighted by Gasteiger charge is 2.41. The summed E-state index contributed by atoms with van der Waals surface area (Å²) in [6.45, 7) is 4.42. The van der Waals surface area contributed by atoms with Gasteiger partial charge in [0.1, 0.15) is 5.92 Å². The van der Waals surface area contributed by atoms with E-state index in [9.17, 15) is 14.4 Å². The van der Waals surface area contributed by atoms with Crippen LogP contribution in [0.3, 0.4) is 0 Å². The summed E-state index contributed by atoms with van der Waals surface area (Å²) in [6.07, 6.45) is 3.63. The molecule has 18 heavy (non-hydrogen) atoms. The first-order valence-corrected chi connectivity index (χ1v) is 6.70. The molecular formula is C13H20N2O3. The van der Waals surface area contributed by atoms with Crippen LogP contribution in [0.4, 0.5) is 4.79 Å². The number of nitrogens with zero attached hydrogens (tertiary/aromatic N) is 1. The molecule has 4 amide bonds. The van der Waals surface area contributed by atoms with Crippen molar-refractivity contribution in [3.8, 4) is 0 Å². The van der Waals surface area contributed by atoms with Gasteiger partial charge in [0, 0.05) is 6.54 Å². The Bertz CT molecular complexity index is 376. The van der Waals surface area contributed by atoms with Crippen LogP contribution in [0.5, 0.6) is 0 Å². The number of imide groups is 2. The fourth-order valence-corrected chi connectivity index (χ4v) is 2.48. The Kier molecular flexibility index (Phi) is 3.68. The quantitative estimate of drug-likeness (QED) is 0.754. The van der Waals surface area contributed by atoms with Gasteiger partial charge in [0.15, 0.2) is 0 Å². The van der Waals surface area contributed by atoms with Crippen LogP contribution in [0.25, 0.3) is 0 Å². The molecule has 1 aliphatic heterocycles. The second kappa shape index (κ2) is 5.08. The van der Waals surface area contributed by atoms with Gasteiger partial charge in [-0.2, -0.15) is 0 Å². The van der Waals surface area contributed by atoms with E-state index < -0.39 is 17.9 Å². The molecule has 0 aromatic heterocycles. The lowest BCUT2D eigenvalue weighted by atomic mass is 9.97. The number of urea groups is 1. The standard InChI is InChI=1S/C13H20N2O3/c1-3-4-10-11(16)14-13(18)15(12(10)17)7-8(2)9-5-6-9/h8-10H,3-7H2,1-2H3,(H,14,16,18). The first-order valence-electron chi connectivity index (χ1n) is 6.70. The fourth-order valence-electron chi connectivity index (χ4n) is 2.48. The number of carbonyl (C=O) groups is 3. The summed E-state index contributed by atoms with van der Waals surface area (Å²) in [4.78, 5) is 36.7. The van der Waals surface area contributed by atoms with E-state index >= 15 is 0 Å². The Balaban J connectivity index is 2.05. The van der Waals surface area contributed by atoms with E-state index in [0.29, 0.717) is 24.8 Å². The fraction of sp³-hybridized carbons (Fsp3) is 0.769. The van der Waals surface area contributed by atoms with Crippen molar-refractivity contribution in [3.63, 3.8) is 0 Å². The van der Waals surface area contributed by atoms with Crippen molar-refractivity contribution in [1.29, 1.82) is 0 Å². The van der Waals surface area contributed by atoms with Crippen LogP contribution in [-0.2, 0) is 9.59 Å². The normalized spacial score (nSPS) is 26.2. The summed E-state index contributed by atoms with van der Waals surface area (Å²) < 4.78 is 0. The zero-order valence-electron chi connectivity index (χ0n) is 10.9. The SMILES string of the molecule is CCCC1C(=O)NC(=O)N(CC(C)C2CC2)C1=O. The smallest absolute Gasteiger partial charge is 0.277 e. The minimum atomic E-state index is -0.681. The highest BCUT2D eigenvalue weighted by Crippen LogP contribution is 2.37. The summed E-state index contributed by atoms with van der Waals surface area (Å²) >= 11 is 0. The average molecular weight is 252 g/mol. The summed E-state index contributed by atoms with van der Waals surface area (Å²) in [7, 11) is 0. The van der Waals surface area contributed by atoms with Crippen LogP contribution < -0.4 is 5.32 Å². The lowest BCUT2D eigenvalue weighted by molar-refractivity contribution is -0.143. The molecule has 1 aliphatic carbocycles. The Hall–Kier alpha value is -1.39. The van der Waals surface area contributed by atoms with Crippen LogP contribution in [0, 0.1) is 17.8 Å². The first-order chi connectivity index (χ1) is 8.54. The van der Waals surface area contributed by atoms with Crippen molar-refractivity contribution >= 4 is 17.8 Å². The Morgan fingerprint density at radius 1 is 1.33 bits per heavy atom. The number of carbonyl (C=O) groups excluding carboxylic acids is 3. The zero-order chi connectivity index (χ0) is 13.3. The third kappa shape index (κ3) is 2.54. The first kappa shape index (κ1) is 13.1. The molecule has 0 aromatic carbocycles. The third-order valence-corrected chi connectivity index (χ3v) is 3.83. The molecule has 2 unspecified atom stereocenters. The molecule has 5 heteroatoms. The summed E-state index contributed by atoms with van der Waals surface area (Å²) in [5.41, 5.74) is 0. The topological polar surface area (TPSA) is 66.5 Å². The molecule has 0 radical (unpaired) electrons. The van der Waals surface area contributed by atoms with Crippen LogP contribution in [0.1, 0.15) is 39.5 Å². The lowest BCUT2D eigenvalue weighted by Gasteiger charge is -2.31. The van der Waals surface area contributed by atoms with Gasteiger partial charge in [-0.15, -0.1) is 0 Å². The van der Waals surface area contributed by atoms with Gasteiger partial charge in [-0.25, -0.2) is 4.79 Å². The van der Waals surface area contributed by atoms with Gasteiger partial charge in [-0.05, 0) is 31.1 Å². The number of hydrogen-bond donors (Lipinski definition) is 1. The summed E-state index contributed by atoms with van der Waals surface area (Å²) in [6, 6.07) is -0.551. The van der Waals surface area contributed by atoms with E-state index in [1.807, 2.05) is 6.92 Å². The largest absolute Gasteiger partial charge is 0.330 e. The maximum absolute atomic E-state index is 12.2. The van der Waals surface area contributed by atoms with Gasteiger partial charge in [0.25, 0.3) is 0 Å². The summed E-state index contributed by atoms with van der Waals surface area (Å²) in [5.74, 6) is -0.484. The number of nitrogens with one attached hydrogen (secondary N) is 1. The average Bonchev–Trinajstić information content (AvgIpc) is 3.13. The molecule has 1 saturated heterocycles. The number of barbiturate groups is 1. The highest BCUT2D eigenvalue weighted by molar-refractivity contribution is 6.16. The Labute approximate surface area is 107 Å². The molecule has 2 fully saturated rings. The molecule has 1 N–H and O–H groups in total. The number of rotatable bonds is 5. The number of hydrogen-bond acceptors (Lipinski definition) is 3. The lowest BCUT2D eigenvalue weighted by Crippen LogP contribution is -2.58. The molecule has 0 bridgehead atoms. The molecule has 2 aliphatic rings. The molecular weight excluding hydrogens is 232 g/mol. The Morgan fingerprint density at radius 2 is 2.00 bits per heavy atom. The molecule has 1 saturated carbocycles. The predicted molar refractivity (Wildman–Crippen MR) is 65.5 cm³/mol.